The second-order valence-corrected chi connectivity index (χ2v) is 9.12. The normalized spacial score (nSPS) is 16.4. The monoisotopic (exact) mass is 426 g/mol. The van der Waals surface area contributed by atoms with Crippen LogP contribution in [0.1, 0.15) is 38.2 Å². The molecule has 0 aromatic heterocycles. The Kier molecular flexibility index (Phi) is 5.62. The van der Waals surface area contributed by atoms with Gasteiger partial charge >= 0.3 is 6.18 Å². The molecule has 2 aromatic rings. The number of sulfonamides is 1. The summed E-state index contributed by atoms with van der Waals surface area (Å²) in [6.07, 6.45) is -1.09. The lowest BCUT2D eigenvalue weighted by Gasteiger charge is -2.22. The van der Waals surface area contributed by atoms with E-state index in [9.17, 15) is 26.4 Å². The van der Waals surface area contributed by atoms with Crippen molar-refractivity contribution in [3.05, 3.63) is 54.1 Å². The van der Waals surface area contributed by atoms with Gasteiger partial charge in [0.15, 0.2) is 0 Å². The van der Waals surface area contributed by atoms with Gasteiger partial charge in [0.05, 0.1) is 10.5 Å². The molecule has 0 aliphatic heterocycles. The number of nitrogens with one attached hydrogen (secondary N) is 2. The quantitative estimate of drug-likeness (QED) is 0.705. The van der Waals surface area contributed by atoms with E-state index in [4.69, 9.17) is 0 Å². The Morgan fingerprint density at radius 2 is 1.62 bits per heavy atom. The number of amides is 1. The molecule has 0 bridgehead atoms. The van der Waals surface area contributed by atoms with Crippen LogP contribution in [0, 0.1) is 5.41 Å². The molecule has 2 N–H and O–H groups in total. The molecule has 0 atom stereocenters. The van der Waals surface area contributed by atoms with Gasteiger partial charge in [-0.05, 0) is 49.2 Å². The molecule has 3 rings (SSSR count). The van der Waals surface area contributed by atoms with Crippen LogP contribution in [-0.2, 0) is 21.0 Å². The average molecular weight is 426 g/mol. The molecule has 1 amide bonds. The summed E-state index contributed by atoms with van der Waals surface area (Å²) in [7, 11) is -4.14. The van der Waals surface area contributed by atoms with E-state index in [0.29, 0.717) is 5.69 Å². The van der Waals surface area contributed by atoms with E-state index in [2.05, 4.69) is 10.0 Å². The van der Waals surface area contributed by atoms with Crippen molar-refractivity contribution >= 4 is 27.3 Å². The van der Waals surface area contributed by atoms with Gasteiger partial charge in [-0.3, -0.25) is 9.52 Å². The lowest BCUT2D eigenvalue weighted by Crippen LogP contribution is -2.30. The van der Waals surface area contributed by atoms with Gasteiger partial charge in [-0.25, -0.2) is 8.42 Å². The fourth-order valence-corrected chi connectivity index (χ4v) is 4.47. The lowest BCUT2D eigenvalue weighted by molar-refractivity contribution is -0.137. The minimum atomic E-state index is -4.58. The molecule has 0 unspecified atom stereocenters. The van der Waals surface area contributed by atoms with Crippen LogP contribution in [0.25, 0.3) is 0 Å². The summed E-state index contributed by atoms with van der Waals surface area (Å²) in [5, 5.41) is 2.75. The van der Waals surface area contributed by atoms with Crippen molar-refractivity contribution in [2.75, 3.05) is 10.0 Å². The Morgan fingerprint density at radius 1 is 1.00 bits per heavy atom. The highest BCUT2D eigenvalue weighted by molar-refractivity contribution is 7.92. The summed E-state index contributed by atoms with van der Waals surface area (Å²) < 4.78 is 65.9. The van der Waals surface area contributed by atoms with Crippen LogP contribution in [-0.4, -0.2) is 14.3 Å². The number of halogens is 3. The number of hydrogen-bond donors (Lipinski definition) is 2. The highest BCUT2D eigenvalue weighted by Gasteiger charge is 2.36. The third-order valence-electron chi connectivity index (χ3n) is 5.10. The van der Waals surface area contributed by atoms with Crippen molar-refractivity contribution in [1.82, 2.24) is 0 Å². The topological polar surface area (TPSA) is 75.3 Å². The number of hydrogen-bond acceptors (Lipinski definition) is 3. The smallest absolute Gasteiger partial charge is 0.326 e. The van der Waals surface area contributed by atoms with E-state index >= 15 is 0 Å². The van der Waals surface area contributed by atoms with Crippen molar-refractivity contribution in [3.8, 4) is 0 Å². The molecule has 1 aliphatic rings. The van der Waals surface area contributed by atoms with Crippen LogP contribution < -0.4 is 10.0 Å². The van der Waals surface area contributed by atoms with Gasteiger partial charge < -0.3 is 5.32 Å². The third-order valence-corrected chi connectivity index (χ3v) is 6.48. The summed E-state index contributed by atoms with van der Waals surface area (Å²) in [5.74, 6) is -0.171. The van der Waals surface area contributed by atoms with Gasteiger partial charge in [0.1, 0.15) is 0 Å². The first-order chi connectivity index (χ1) is 13.5. The molecule has 0 spiro atoms. The lowest BCUT2D eigenvalue weighted by atomic mass is 9.88. The van der Waals surface area contributed by atoms with Gasteiger partial charge in [0, 0.05) is 16.8 Å². The maximum absolute atomic E-state index is 12.8. The van der Waals surface area contributed by atoms with Crippen LogP contribution in [0.15, 0.2) is 53.4 Å². The fraction of sp³-hybridized carbons (Fsp3) is 0.350. The maximum Gasteiger partial charge on any atom is 0.416 e. The number of carbonyl (C=O) groups excluding carboxylic acids is 1. The van der Waals surface area contributed by atoms with E-state index in [-0.39, 0.29) is 16.5 Å². The predicted molar refractivity (Wildman–Crippen MR) is 104 cm³/mol. The highest BCUT2D eigenvalue weighted by atomic mass is 32.2. The van der Waals surface area contributed by atoms with E-state index in [1.54, 1.807) is 6.07 Å². The number of anilines is 2. The third kappa shape index (κ3) is 4.90. The summed E-state index contributed by atoms with van der Waals surface area (Å²) in [4.78, 5) is 12.4. The van der Waals surface area contributed by atoms with Gasteiger partial charge in [-0.2, -0.15) is 13.2 Å². The summed E-state index contributed by atoms with van der Waals surface area (Å²) in [6.45, 7) is 1.88. The van der Waals surface area contributed by atoms with Crippen molar-refractivity contribution in [2.24, 2.45) is 5.41 Å². The van der Waals surface area contributed by atoms with Crippen LogP contribution in [0.3, 0.4) is 0 Å². The van der Waals surface area contributed by atoms with Crippen molar-refractivity contribution in [3.63, 3.8) is 0 Å². The van der Waals surface area contributed by atoms with E-state index in [1.807, 2.05) is 6.92 Å². The van der Waals surface area contributed by atoms with Crippen molar-refractivity contribution < 1.29 is 26.4 Å². The molecule has 0 saturated heterocycles. The highest BCUT2D eigenvalue weighted by Crippen LogP contribution is 2.38. The van der Waals surface area contributed by atoms with Crippen LogP contribution in [0.5, 0.6) is 0 Å². The second kappa shape index (κ2) is 7.70. The SMILES string of the molecule is CC1(C(=O)Nc2cccc(S(=O)(=O)Nc3cccc(C(F)(F)F)c3)c2)CCCC1. The number of rotatable bonds is 5. The van der Waals surface area contributed by atoms with Crippen molar-refractivity contribution in [2.45, 2.75) is 43.7 Å². The molecule has 1 aliphatic carbocycles. The first-order valence-electron chi connectivity index (χ1n) is 9.11. The summed E-state index contributed by atoms with van der Waals surface area (Å²) >= 11 is 0. The van der Waals surface area contributed by atoms with E-state index in [0.717, 1.165) is 43.9 Å². The molecule has 1 fully saturated rings. The van der Waals surface area contributed by atoms with Gasteiger partial charge in [-0.1, -0.05) is 31.9 Å². The minimum Gasteiger partial charge on any atom is -0.326 e. The Balaban J connectivity index is 1.79. The van der Waals surface area contributed by atoms with Crippen LogP contribution >= 0.6 is 0 Å². The molecule has 9 heteroatoms. The van der Waals surface area contributed by atoms with Crippen LogP contribution in [0.4, 0.5) is 24.5 Å². The first kappa shape index (κ1) is 21.2. The Labute approximate surface area is 167 Å². The maximum atomic E-state index is 12.8. The number of carbonyl (C=O) groups is 1. The molecule has 1 saturated carbocycles. The standard InChI is InChI=1S/C20H21F3N2O3S/c1-19(10-2-3-11-19)18(26)24-15-7-5-9-17(13-15)29(27,28)25-16-8-4-6-14(12-16)20(21,22)23/h4-9,12-13,25H,2-3,10-11H2,1H3,(H,24,26). The van der Waals surface area contributed by atoms with Gasteiger partial charge in [0.25, 0.3) is 10.0 Å². The minimum absolute atomic E-state index is 0.163. The average Bonchev–Trinajstić information content (AvgIpc) is 3.09. The van der Waals surface area contributed by atoms with Crippen molar-refractivity contribution in [1.29, 1.82) is 0 Å². The zero-order chi connectivity index (χ0) is 21.3. The molecule has 29 heavy (non-hydrogen) atoms. The number of alkyl halides is 3. The van der Waals surface area contributed by atoms with E-state index in [1.165, 1.54) is 24.3 Å². The van der Waals surface area contributed by atoms with Gasteiger partial charge in [-0.15, -0.1) is 0 Å². The summed E-state index contributed by atoms with van der Waals surface area (Å²) in [5.41, 5.74) is -1.32. The molecule has 2 aromatic carbocycles. The van der Waals surface area contributed by atoms with Crippen LogP contribution in [0.2, 0.25) is 0 Å². The van der Waals surface area contributed by atoms with Gasteiger partial charge in [0.2, 0.25) is 5.91 Å². The van der Waals surface area contributed by atoms with E-state index < -0.39 is 27.2 Å². The first-order valence-corrected chi connectivity index (χ1v) is 10.6. The molecule has 156 valence electrons. The molecule has 0 radical (unpaired) electrons. The second-order valence-electron chi connectivity index (χ2n) is 7.43. The molecule has 5 nitrogen and oxygen atoms in total. The predicted octanol–water partition coefficient (Wildman–Crippen LogP) is 5.03. The Bertz CT molecular complexity index is 1010. The number of benzene rings is 2. The largest absolute Gasteiger partial charge is 0.416 e. The summed E-state index contributed by atoms with van der Waals surface area (Å²) in [6, 6.07) is 9.57. The Morgan fingerprint density at radius 3 is 2.28 bits per heavy atom. The zero-order valence-electron chi connectivity index (χ0n) is 15.7. The molecular formula is C20H21F3N2O3S. The molecule has 0 heterocycles. The zero-order valence-corrected chi connectivity index (χ0v) is 16.5. The fourth-order valence-electron chi connectivity index (χ4n) is 3.38. The molecular weight excluding hydrogens is 405 g/mol. The Hall–Kier alpha value is -2.55.